The number of benzene rings is 1. The van der Waals surface area contributed by atoms with E-state index in [4.69, 9.17) is 4.74 Å². The van der Waals surface area contributed by atoms with Crippen LogP contribution >= 0.6 is 0 Å². The van der Waals surface area contributed by atoms with Gasteiger partial charge in [0.25, 0.3) is 11.7 Å². The number of para-hydroxylation sites is 1. The fourth-order valence-corrected chi connectivity index (χ4v) is 2.49. The summed E-state index contributed by atoms with van der Waals surface area (Å²) in [6.45, 7) is 5.64. The second-order valence-corrected chi connectivity index (χ2v) is 5.45. The molecule has 1 aromatic heterocycles. The van der Waals surface area contributed by atoms with Crippen molar-refractivity contribution in [1.82, 2.24) is 15.1 Å². The van der Waals surface area contributed by atoms with Crippen molar-refractivity contribution in [2.24, 2.45) is 0 Å². The van der Waals surface area contributed by atoms with Gasteiger partial charge in [0, 0.05) is 13.2 Å². The lowest BCUT2D eigenvalue weighted by atomic mass is 10.1. The molecule has 1 N–H and O–H groups in total. The number of hydrogen-bond donors (Lipinski definition) is 1. The molecule has 0 saturated carbocycles. The summed E-state index contributed by atoms with van der Waals surface area (Å²) in [5.74, 6) is -1.22. The second-order valence-electron chi connectivity index (χ2n) is 5.45. The van der Waals surface area contributed by atoms with Gasteiger partial charge in [0.05, 0.1) is 29.2 Å². The number of ketones is 1. The van der Waals surface area contributed by atoms with Gasteiger partial charge in [-0.05, 0) is 32.9 Å². The Labute approximate surface area is 135 Å². The molecule has 0 unspecified atom stereocenters. The molecule has 0 aliphatic carbocycles. The molecule has 122 valence electrons. The molecule has 6 heteroatoms. The molecular weight excluding hydrogens is 294 g/mol. The van der Waals surface area contributed by atoms with Gasteiger partial charge < -0.3 is 10.1 Å². The molecule has 1 amide bonds. The summed E-state index contributed by atoms with van der Waals surface area (Å²) in [6.07, 6.45) is 0. The normalized spacial score (nSPS) is 12.0. The van der Waals surface area contributed by atoms with Crippen LogP contribution in [0.5, 0.6) is 0 Å². The Morgan fingerprint density at radius 1 is 1.26 bits per heavy atom. The summed E-state index contributed by atoms with van der Waals surface area (Å²) in [4.78, 5) is 24.6. The zero-order valence-electron chi connectivity index (χ0n) is 13.8. The number of carbonyl (C=O) groups excluding carboxylic acids is 2. The third-order valence-electron chi connectivity index (χ3n) is 3.52. The van der Waals surface area contributed by atoms with Gasteiger partial charge in [-0.15, -0.1) is 0 Å². The molecule has 1 aromatic carbocycles. The lowest BCUT2D eigenvalue weighted by Gasteiger charge is -2.12. The van der Waals surface area contributed by atoms with Crippen molar-refractivity contribution in [2.75, 3.05) is 13.7 Å². The van der Waals surface area contributed by atoms with Gasteiger partial charge in [0.15, 0.2) is 0 Å². The SMILES string of the molecule is COC[C@H](C)NC(=O)C(=O)c1c(C)nn(-c2ccccc2)c1C. The largest absolute Gasteiger partial charge is 0.383 e. The first-order valence-corrected chi connectivity index (χ1v) is 7.41. The molecule has 23 heavy (non-hydrogen) atoms. The number of rotatable bonds is 6. The summed E-state index contributed by atoms with van der Waals surface area (Å²) < 4.78 is 6.63. The molecule has 0 aliphatic rings. The number of carbonyl (C=O) groups is 2. The lowest BCUT2D eigenvalue weighted by Crippen LogP contribution is -2.40. The van der Waals surface area contributed by atoms with Crippen molar-refractivity contribution in [3.05, 3.63) is 47.3 Å². The average Bonchev–Trinajstić information content (AvgIpc) is 2.82. The second kappa shape index (κ2) is 7.19. The van der Waals surface area contributed by atoms with Crippen molar-refractivity contribution in [1.29, 1.82) is 0 Å². The number of ether oxygens (including phenoxy) is 1. The van der Waals surface area contributed by atoms with Crippen molar-refractivity contribution in [3.63, 3.8) is 0 Å². The molecule has 0 bridgehead atoms. The number of aryl methyl sites for hydroxylation is 1. The zero-order valence-corrected chi connectivity index (χ0v) is 13.8. The molecule has 1 heterocycles. The maximum Gasteiger partial charge on any atom is 0.292 e. The summed E-state index contributed by atoms with van der Waals surface area (Å²) in [6, 6.07) is 9.26. The number of methoxy groups -OCH3 is 1. The van der Waals surface area contributed by atoms with E-state index in [1.807, 2.05) is 30.3 Å². The Balaban J connectivity index is 2.28. The predicted molar refractivity (Wildman–Crippen MR) is 86.8 cm³/mol. The van der Waals surface area contributed by atoms with Crippen LogP contribution in [-0.4, -0.2) is 41.2 Å². The smallest absolute Gasteiger partial charge is 0.292 e. The van der Waals surface area contributed by atoms with Crippen molar-refractivity contribution in [2.45, 2.75) is 26.8 Å². The third-order valence-corrected chi connectivity index (χ3v) is 3.52. The highest BCUT2D eigenvalue weighted by molar-refractivity contribution is 6.43. The number of hydrogen-bond acceptors (Lipinski definition) is 4. The average molecular weight is 315 g/mol. The van der Waals surface area contributed by atoms with Crippen LogP contribution in [0.4, 0.5) is 0 Å². The highest BCUT2D eigenvalue weighted by Gasteiger charge is 2.25. The van der Waals surface area contributed by atoms with Gasteiger partial charge in [0.1, 0.15) is 0 Å². The first-order valence-electron chi connectivity index (χ1n) is 7.41. The Morgan fingerprint density at radius 2 is 1.91 bits per heavy atom. The molecule has 0 radical (unpaired) electrons. The van der Waals surface area contributed by atoms with Gasteiger partial charge in [-0.2, -0.15) is 5.10 Å². The Hall–Kier alpha value is -2.47. The van der Waals surface area contributed by atoms with E-state index >= 15 is 0 Å². The summed E-state index contributed by atoms with van der Waals surface area (Å²) in [5, 5.41) is 7.02. The van der Waals surface area contributed by atoms with Crippen LogP contribution in [0.25, 0.3) is 5.69 Å². The number of aromatic nitrogens is 2. The van der Waals surface area contributed by atoms with Crippen LogP contribution in [0.3, 0.4) is 0 Å². The fourth-order valence-electron chi connectivity index (χ4n) is 2.49. The minimum Gasteiger partial charge on any atom is -0.383 e. The molecule has 6 nitrogen and oxygen atoms in total. The van der Waals surface area contributed by atoms with Crippen LogP contribution < -0.4 is 5.32 Å². The monoisotopic (exact) mass is 315 g/mol. The quantitative estimate of drug-likeness (QED) is 0.652. The van der Waals surface area contributed by atoms with Crippen molar-refractivity contribution in [3.8, 4) is 5.69 Å². The minimum absolute atomic E-state index is 0.235. The van der Waals surface area contributed by atoms with Gasteiger partial charge in [-0.25, -0.2) is 4.68 Å². The highest BCUT2D eigenvalue weighted by atomic mass is 16.5. The maximum atomic E-state index is 12.5. The zero-order chi connectivity index (χ0) is 17.0. The molecule has 1 atom stereocenters. The minimum atomic E-state index is -0.645. The van der Waals surface area contributed by atoms with E-state index < -0.39 is 11.7 Å². The van der Waals surface area contributed by atoms with E-state index in [-0.39, 0.29) is 6.04 Å². The molecule has 0 spiro atoms. The number of Topliss-reactive ketones (excluding diaryl/α,β-unsaturated/α-hetero) is 1. The maximum absolute atomic E-state index is 12.5. The predicted octanol–water partition coefficient (Wildman–Crippen LogP) is 1.82. The Bertz CT molecular complexity index is 707. The Morgan fingerprint density at radius 3 is 2.52 bits per heavy atom. The highest BCUT2D eigenvalue weighted by Crippen LogP contribution is 2.18. The van der Waals surface area contributed by atoms with E-state index in [1.54, 1.807) is 32.6 Å². The van der Waals surface area contributed by atoms with Crippen LogP contribution in [0.15, 0.2) is 30.3 Å². The lowest BCUT2D eigenvalue weighted by molar-refractivity contribution is -0.117. The molecule has 0 aliphatic heterocycles. The summed E-state index contributed by atoms with van der Waals surface area (Å²) >= 11 is 0. The first kappa shape index (κ1) is 16.9. The third kappa shape index (κ3) is 3.65. The van der Waals surface area contributed by atoms with Crippen molar-refractivity contribution >= 4 is 11.7 Å². The number of amides is 1. The van der Waals surface area contributed by atoms with E-state index in [0.29, 0.717) is 23.6 Å². The van der Waals surface area contributed by atoms with Gasteiger partial charge in [0.2, 0.25) is 0 Å². The molecule has 2 aromatic rings. The van der Waals surface area contributed by atoms with Crippen LogP contribution in [0.2, 0.25) is 0 Å². The van der Waals surface area contributed by atoms with Gasteiger partial charge >= 0.3 is 0 Å². The van der Waals surface area contributed by atoms with Crippen LogP contribution in [-0.2, 0) is 9.53 Å². The standard InChI is InChI=1S/C17H21N3O3/c1-11(10-23-4)18-17(22)16(21)15-12(2)19-20(13(15)3)14-8-6-5-7-9-14/h5-9,11H,10H2,1-4H3,(H,18,22)/t11-/m0/s1. The fraction of sp³-hybridized carbons (Fsp3) is 0.353. The van der Waals surface area contributed by atoms with Crippen LogP contribution in [0.1, 0.15) is 28.7 Å². The Kier molecular flexibility index (Phi) is 5.28. The number of nitrogens with zero attached hydrogens (tertiary/aromatic N) is 2. The molecule has 0 saturated heterocycles. The van der Waals surface area contributed by atoms with Crippen molar-refractivity contribution < 1.29 is 14.3 Å². The molecule has 0 fully saturated rings. The van der Waals surface area contributed by atoms with Gasteiger partial charge in [-0.3, -0.25) is 9.59 Å². The molecule has 2 rings (SSSR count). The van der Waals surface area contributed by atoms with Crippen LogP contribution in [0, 0.1) is 13.8 Å². The van der Waals surface area contributed by atoms with E-state index in [1.165, 1.54) is 0 Å². The van der Waals surface area contributed by atoms with Gasteiger partial charge in [-0.1, -0.05) is 18.2 Å². The summed E-state index contributed by atoms with van der Waals surface area (Å²) in [7, 11) is 1.54. The molecular formula is C17H21N3O3. The number of nitrogens with one attached hydrogen (secondary N) is 1. The topological polar surface area (TPSA) is 73.2 Å². The van der Waals surface area contributed by atoms with E-state index in [2.05, 4.69) is 10.4 Å². The van der Waals surface area contributed by atoms with E-state index in [0.717, 1.165) is 5.69 Å². The van der Waals surface area contributed by atoms with E-state index in [9.17, 15) is 9.59 Å². The summed E-state index contributed by atoms with van der Waals surface area (Å²) in [5.41, 5.74) is 2.37. The first-order chi connectivity index (χ1) is 11.0.